The van der Waals surface area contributed by atoms with Gasteiger partial charge in [0, 0.05) is 66.3 Å². The van der Waals surface area contributed by atoms with Crippen LogP contribution < -0.4 is 4.90 Å². The fraction of sp³-hybridized carbons (Fsp3) is 0. The van der Waals surface area contributed by atoms with E-state index in [-0.39, 0.29) is 17.3 Å². The van der Waals surface area contributed by atoms with E-state index in [1.54, 1.807) is 24.3 Å². The molecule has 0 amide bonds. The molecule has 3 aromatic heterocycles. The summed E-state index contributed by atoms with van der Waals surface area (Å²) in [6.07, 6.45) is 4.09. The van der Waals surface area contributed by atoms with E-state index < -0.39 is 0 Å². The molecular weight excluding hydrogens is 1400 g/mol. The highest BCUT2D eigenvalue weighted by Gasteiger charge is 2.29. The third-order valence-electron chi connectivity index (χ3n) is 22.7. The molecule has 0 saturated carbocycles. The van der Waals surface area contributed by atoms with E-state index >= 15 is 0 Å². The first kappa shape index (κ1) is 66.7. The number of hydrogen-bond acceptors (Lipinski definition) is 4. The van der Waals surface area contributed by atoms with Gasteiger partial charge in [-0.25, -0.2) is 13.2 Å². The zero-order chi connectivity index (χ0) is 75.4. The Labute approximate surface area is 656 Å². The standard InChI is InChI=1S/C104H66F2N6S/c105-82-37-19-69(20-38-82)78-33-52-96-90(59-78)91-60-79(70-21-39-83(106)40-22-70)34-53-97(91)110(96)86-49-31-73(32-50-86)89-51-56-100(104(108-113)103(89)107)109(84-41-27-71(28-42-84)80-35-54-98-92(61-80)94-57-74-15-7-9-17-76(74)63-101(94)111(98)87-45-23-67(24-46-87)65-11-3-1-4-12-65)85-43-29-72(30-44-85)81-36-55-99-93(62-81)95-58-75-16-8-10-18-77(75)64-102(95)112(99)88-47-25-68(26-48-88)66-13-5-2-6-14-66/h1-64,107,113H. The average Bonchev–Trinajstić information content (AvgIpc) is 1.59. The molecule has 113 heavy (non-hydrogen) atoms. The fourth-order valence-electron chi connectivity index (χ4n) is 17.1. The predicted octanol–water partition coefficient (Wildman–Crippen LogP) is 28.0. The smallest absolute Gasteiger partial charge is 0.123 e. The minimum absolute atomic E-state index is 0.224. The van der Waals surface area contributed by atoms with Crippen LogP contribution in [0.3, 0.4) is 0 Å². The molecule has 1 aliphatic carbocycles. The second-order valence-corrected chi connectivity index (χ2v) is 29.3. The van der Waals surface area contributed by atoms with Crippen molar-refractivity contribution in [2.24, 2.45) is 4.40 Å². The number of allylic oxidation sites excluding steroid dienone is 4. The molecule has 532 valence electrons. The third kappa shape index (κ3) is 11.6. The van der Waals surface area contributed by atoms with E-state index in [9.17, 15) is 14.2 Å². The first-order chi connectivity index (χ1) is 55.7. The van der Waals surface area contributed by atoms with Gasteiger partial charge in [0.1, 0.15) is 17.3 Å². The topological polar surface area (TPSA) is 54.2 Å². The lowest BCUT2D eigenvalue weighted by molar-refractivity contribution is 0.627. The van der Waals surface area contributed by atoms with Crippen molar-refractivity contribution in [3.05, 3.63) is 411 Å². The molecule has 3 heterocycles. The lowest BCUT2D eigenvalue weighted by Crippen LogP contribution is -2.30. The number of hydrogen-bond donors (Lipinski definition) is 2. The van der Waals surface area contributed by atoms with Crippen molar-refractivity contribution in [3.8, 4) is 83.8 Å². The van der Waals surface area contributed by atoms with Crippen LogP contribution >= 0.6 is 12.8 Å². The van der Waals surface area contributed by atoms with Crippen LogP contribution in [0.5, 0.6) is 0 Å². The number of rotatable bonds is 13. The maximum atomic E-state index is 14.2. The summed E-state index contributed by atoms with van der Waals surface area (Å²) in [5, 5.41) is 21.6. The molecule has 0 saturated heterocycles. The van der Waals surface area contributed by atoms with Crippen LogP contribution in [0.4, 0.5) is 20.2 Å². The highest BCUT2D eigenvalue weighted by Crippen LogP contribution is 2.45. The van der Waals surface area contributed by atoms with E-state index in [2.05, 4.69) is 352 Å². The zero-order valence-electron chi connectivity index (χ0n) is 60.9. The van der Waals surface area contributed by atoms with E-state index in [1.165, 1.54) is 78.8 Å². The number of fused-ring (bicyclic) bond motifs is 11. The molecule has 6 nitrogen and oxygen atoms in total. The number of benzene rings is 17. The number of thiol groups is 1. The van der Waals surface area contributed by atoms with Gasteiger partial charge in [-0.3, -0.25) is 5.41 Å². The van der Waals surface area contributed by atoms with E-state index in [0.29, 0.717) is 17.0 Å². The molecule has 20 aromatic rings. The summed E-state index contributed by atoms with van der Waals surface area (Å²) < 4.78 is 40.2. The highest BCUT2D eigenvalue weighted by molar-refractivity contribution is 7.79. The Morgan fingerprint density at radius 3 is 0.885 bits per heavy atom. The van der Waals surface area contributed by atoms with Gasteiger partial charge in [-0.2, -0.15) is 0 Å². The summed E-state index contributed by atoms with van der Waals surface area (Å²) >= 11 is 4.73. The molecule has 1 N–H and O–H groups in total. The van der Waals surface area contributed by atoms with Gasteiger partial charge in [-0.05, 0) is 277 Å². The first-order valence-electron chi connectivity index (χ1n) is 37.9. The molecule has 9 heteroatoms. The van der Waals surface area contributed by atoms with E-state index in [1.807, 2.05) is 6.08 Å². The molecule has 17 aromatic carbocycles. The lowest BCUT2D eigenvalue weighted by Gasteiger charge is -2.31. The summed E-state index contributed by atoms with van der Waals surface area (Å²) in [4.78, 5) is 2.19. The van der Waals surface area contributed by atoms with Gasteiger partial charge < -0.3 is 18.6 Å². The second kappa shape index (κ2) is 27.3. The predicted molar refractivity (Wildman–Crippen MR) is 472 cm³/mol. The van der Waals surface area contributed by atoms with Gasteiger partial charge in [-0.15, -0.1) is 0 Å². The molecule has 0 unspecified atom stereocenters. The van der Waals surface area contributed by atoms with Gasteiger partial charge in [0.05, 0.1) is 44.5 Å². The minimum Gasteiger partial charge on any atom is -0.309 e. The summed E-state index contributed by atoms with van der Waals surface area (Å²) in [5.74, 6) is -0.583. The Hall–Kier alpha value is -14.5. The van der Waals surface area contributed by atoms with Gasteiger partial charge >= 0.3 is 0 Å². The second-order valence-electron chi connectivity index (χ2n) is 29.1. The Kier molecular flexibility index (Phi) is 16.1. The molecule has 0 spiro atoms. The summed E-state index contributed by atoms with van der Waals surface area (Å²) in [6.45, 7) is 0. The Morgan fingerprint density at radius 2 is 0.531 bits per heavy atom. The molecule has 0 atom stereocenters. The van der Waals surface area contributed by atoms with Crippen LogP contribution in [0, 0.1) is 17.0 Å². The zero-order valence-corrected chi connectivity index (χ0v) is 61.8. The van der Waals surface area contributed by atoms with Gasteiger partial charge in [0.15, 0.2) is 0 Å². The Bertz CT molecular complexity index is 6940. The summed E-state index contributed by atoms with van der Waals surface area (Å²) in [7, 11) is 0. The van der Waals surface area contributed by atoms with Crippen molar-refractivity contribution in [2.75, 3.05) is 4.90 Å². The molecule has 0 aliphatic heterocycles. The Balaban J connectivity index is 0.664. The number of nitrogens with one attached hydrogen (secondary N) is 1. The third-order valence-corrected chi connectivity index (χ3v) is 22.9. The number of aromatic nitrogens is 3. The van der Waals surface area contributed by atoms with Crippen LogP contribution in [0.15, 0.2) is 398 Å². The molecule has 0 fully saturated rings. The highest BCUT2D eigenvalue weighted by atomic mass is 32.1. The van der Waals surface area contributed by atoms with E-state index in [4.69, 9.17) is 17.2 Å². The maximum absolute atomic E-state index is 14.2. The largest absolute Gasteiger partial charge is 0.309 e. The van der Waals surface area contributed by atoms with Crippen molar-refractivity contribution in [2.45, 2.75) is 0 Å². The van der Waals surface area contributed by atoms with Crippen molar-refractivity contribution < 1.29 is 8.78 Å². The van der Waals surface area contributed by atoms with E-state index in [0.717, 1.165) is 133 Å². The molecule has 21 rings (SSSR count). The number of halogens is 2. The quantitative estimate of drug-likeness (QED) is 0.0877. The number of anilines is 2. The summed E-state index contributed by atoms with van der Waals surface area (Å²) in [5.41, 5.74) is 26.9. The van der Waals surface area contributed by atoms with Gasteiger partial charge in [-0.1, -0.05) is 218 Å². The SMILES string of the molecule is N=C1C(c2ccc(-n3c4ccc(-c5ccc(F)cc5)cc4c4cc(-c5ccc(F)cc5)ccc43)cc2)=CC=C(N(c2ccc(-c3ccc4c(c3)c3cc5ccccc5cc3n4-c3ccc(-c4ccccc4)cc3)cc2)c2ccc(-c3ccc4c(c3)c3cc5ccccc5cc3n4-c3ccc(-c4ccccc4)cc3)cc2)C1=NS. The molecule has 0 radical (unpaired) electrons. The number of nitrogens with zero attached hydrogens (tertiary/aromatic N) is 5. The molecular formula is C104H66F2N6S. The van der Waals surface area contributed by atoms with Crippen LogP contribution in [0.25, 0.3) is 176 Å². The van der Waals surface area contributed by atoms with Crippen molar-refractivity contribution in [1.29, 1.82) is 5.41 Å². The van der Waals surface area contributed by atoms with Crippen LogP contribution in [0.2, 0.25) is 0 Å². The van der Waals surface area contributed by atoms with Gasteiger partial charge in [0.2, 0.25) is 0 Å². The summed E-state index contributed by atoms with van der Waals surface area (Å²) in [6, 6.07) is 131. The van der Waals surface area contributed by atoms with Crippen LogP contribution in [0.1, 0.15) is 5.56 Å². The average molecular weight is 1470 g/mol. The van der Waals surface area contributed by atoms with Gasteiger partial charge in [0.25, 0.3) is 0 Å². The lowest BCUT2D eigenvalue weighted by atomic mass is 9.91. The monoisotopic (exact) mass is 1470 g/mol. The maximum Gasteiger partial charge on any atom is 0.123 e. The molecule has 1 aliphatic rings. The fourth-order valence-corrected chi connectivity index (χ4v) is 17.3. The van der Waals surface area contributed by atoms with Crippen molar-refractivity contribution in [3.63, 3.8) is 0 Å². The molecule has 0 bridgehead atoms. The normalized spacial score (nSPS) is 12.9. The van der Waals surface area contributed by atoms with Crippen LogP contribution in [-0.4, -0.2) is 25.1 Å². The van der Waals surface area contributed by atoms with Crippen molar-refractivity contribution >= 4 is 128 Å². The minimum atomic E-state index is -0.292. The van der Waals surface area contributed by atoms with Crippen LogP contribution in [-0.2, 0) is 0 Å². The Morgan fingerprint density at radius 1 is 0.257 bits per heavy atom. The van der Waals surface area contributed by atoms with Crippen molar-refractivity contribution in [1.82, 2.24) is 13.7 Å². The first-order valence-corrected chi connectivity index (χ1v) is 38.3.